The fourth-order valence-electron chi connectivity index (χ4n) is 1.34. The van der Waals surface area contributed by atoms with Crippen molar-refractivity contribution in [2.75, 3.05) is 5.88 Å². The molecule has 5 N–H and O–H groups in total. The van der Waals surface area contributed by atoms with E-state index in [-0.39, 0.29) is 0 Å². The summed E-state index contributed by atoms with van der Waals surface area (Å²) < 4.78 is 0. The summed E-state index contributed by atoms with van der Waals surface area (Å²) in [4.78, 5) is 0. The van der Waals surface area contributed by atoms with E-state index in [4.69, 9.17) is 0 Å². The van der Waals surface area contributed by atoms with Crippen molar-refractivity contribution in [3.05, 3.63) is 12.3 Å². The van der Waals surface area contributed by atoms with Crippen LogP contribution in [0.5, 0.6) is 0 Å². The molecule has 3 atom stereocenters. The number of hydrogen-bond donors (Lipinski definition) is 5. The number of hydrogen-bond acceptors (Lipinski definition) is 6. The lowest BCUT2D eigenvalue weighted by Crippen LogP contribution is -2.49. The average Bonchev–Trinajstić information content (AvgIpc) is 2.30. The standard InChI is InChI=1S/C11H25N5S/c1-8(2)9(3)14-10(4)12-7-17-11-5-6-13-16-15-11/h5-6,8-16H,7H2,1-4H3. The van der Waals surface area contributed by atoms with Gasteiger partial charge in [0, 0.05) is 18.1 Å². The van der Waals surface area contributed by atoms with Gasteiger partial charge in [-0.3, -0.25) is 10.6 Å². The lowest BCUT2D eigenvalue weighted by Gasteiger charge is -2.25. The van der Waals surface area contributed by atoms with Crippen molar-refractivity contribution in [3.8, 4) is 0 Å². The predicted molar refractivity (Wildman–Crippen MR) is 74.8 cm³/mol. The second-order valence-electron chi connectivity index (χ2n) is 4.63. The van der Waals surface area contributed by atoms with Gasteiger partial charge in [-0.1, -0.05) is 13.8 Å². The normalized spacial score (nSPS) is 23.5. The molecule has 0 spiro atoms. The molecular formula is C11H25N5S. The summed E-state index contributed by atoms with van der Waals surface area (Å²) >= 11 is 1.81. The Morgan fingerprint density at radius 1 is 1.29 bits per heavy atom. The number of rotatable bonds is 7. The number of nitrogens with one attached hydrogen (secondary N) is 5. The Hall–Kier alpha value is -0.270. The molecule has 0 bridgehead atoms. The molecular weight excluding hydrogens is 234 g/mol. The zero-order chi connectivity index (χ0) is 12.7. The summed E-state index contributed by atoms with van der Waals surface area (Å²) in [5.74, 6) is 1.56. The van der Waals surface area contributed by atoms with Crippen molar-refractivity contribution >= 4 is 11.8 Å². The van der Waals surface area contributed by atoms with Crippen LogP contribution in [0.25, 0.3) is 0 Å². The third-order valence-electron chi connectivity index (χ3n) is 2.81. The van der Waals surface area contributed by atoms with Crippen LogP contribution in [0.4, 0.5) is 0 Å². The van der Waals surface area contributed by atoms with Crippen molar-refractivity contribution < 1.29 is 0 Å². The third-order valence-corrected chi connectivity index (χ3v) is 3.77. The summed E-state index contributed by atoms with van der Waals surface area (Å²) in [5, 5.41) is 7.28. The minimum atomic E-state index is 0.304. The molecule has 0 fully saturated rings. The molecule has 0 amide bonds. The van der Waals surface area contributed by atoms with Gasteiger partial charge in [-0.2, -0.15) is 5.53 Å². The van der Waals surface area contributed by atoms with Crippen LogP contribution in [0.15, 0.2) is 12.3 Å². The first-order valence-electron chi connectivity index (χ1n) is 6.13. The van der Waals surface area contributed by atoms with E-state index in [1.165, 1.54) is 0 Å². The summed E-state index contributed by atoms with van der Waals surface area (Å²) in [6.07, 6.45) is 4.31. The molecule has 1 aliphatic rings. The quantitative estimate of drug-likeness (QED) is 0.434. The monoisotopic (exact) mass is 259 g/mol. The Morgan fingerprint density at radius 3 is 2.65 bits per heavy atom. The van der Waals surface area contributed by atoms with Gasteiger partial charge in [0.1, 0.15) is 0 Å². The molecule has 0 saturated heterocycles. The van der Waals surface area contributed by atoms with Crippen molar-refractivity contribution in [3.63, 3.8) is 0 Å². The van der Waals surface area contributed by atoms with E-state index >= 15 is 0 Å². The van der Waals surface area contributed by atoms with Gasteiger partial charge in [0.15, 0.2) is 0 Å². The first-order valence-corrected chi connectivity index (χ1v) is 7.18. The van der Waals surface area contributed by atoms with Gasteiger partial charge >= 0.3 is 0 Å². The molecule has 5 nitrogen and oxygen atoms in total. The molecule has 1 heterocycles. The topological polar surface area (TPSA) is 60.1 Å². The molecule has 0 saturated carbocycles. The SMILES string of the molecule is CC(NCSC1C=CNNN1)NC(C)C(C)C. The molecule has 0 aromatic rings. The van der Waals surface area contributed by atoms with Crippen LogP contribution in [-0.2, 0) is 0 Å². The van der Waals surface area contributed by atoms with Crippen molar-refractivity contribution in [1.29, 1.82) is 0 Å². The first kappa shape index (κ1) is 14.8. The van der Waals surface area contributed by atoms with Crippen LogP contribution in [0.1, 0.15) is 27.7 Å². The third kappa shape index (κ3) is 6.28. The van der Waals surface area contributed by atoms with E-state index in [0.29, 0.717) is 23.5 Å². The highest BCUT2D eigenvalue weighted by Crippen LogP contribution is 2.08. The van der Waals surface area contributed by atoms with Crippen molar-refractivity contribution in [2.45, 2.75) is 45.3 Å². The lowest BCUT2D eigenvalue weighted by molar-refractivity contribution is 0.358. The van der Waals surface area contributed by atoms with E-state index in [2.05, 4.69) is 60.8 Å². The van der Waals surface area contributed by atoms with E-state index in [0.717, 1.165) is 5.88 Å². The van der Waals surface area contributed by atoms with Gasteiger partial charge in [0.2, 0.25) is 0 Å². The van der Waals surface area contributed by atoms with Crippen LogP contribution >= 0.6 is 11.8 Å². The Labute approximate surface area is 109 Å². The predicted octanol–water partition coefficient (Wildman–Crippen LogP) is 0.699. The second kappa shape index (κ2) is 7.94. The molecule has 17 heavy (non-hydrogen) atoms. The van der Waals surface area contributed by atoms with Crippen molar-refractivity contribution in [2.24, 2.45) is 5.92 Å². The highest BCUT2D eigenvalue weighted by molar-refractivity contribution is 7.99. The van der Waals surface area contributed by atoms with Gasteiger partial charge in [-0.25, -0.2) is 5.43 Å². The molecule has 100 valence electrons. The van der Waals surface area contributed by atoms with Gasteiger partial charge in [0.05, 0.1) is 11.5 Å². The average molecular weight is 259 g/mol. The maximum Gasteiger partial charge on any atom is 0.0894 e. The van der Waals surface area contributed by atoms with Crippen LogP contribution in [0, 0.1) is 5.92 Å². The Kier molecular flexibility index (Phi) is 6.91. The van der Waals surface area contributed by atoms with Crippen LogP contribution < -0.4 is 27.0 Å². The van der Waals surface area contributed by atoms with Gasteiger partial charge in [0.25, 0.3) is 0 Å². The Bertz CT molecular complexity index is 234. The molecule has 1 aliphatic heterocycles. The Balaban J connectivity index is 2.09. The largest absolute Gasteiger partial charge is 0.316 e. The van der Waals surface area contributed by atoms with E-state index in [1.807, 2.05) is 18.0 Å². The fourth-order valence-corrected chi connectivity index (χ4v) is 2.20. The number of thioether (sulfide) groups is 1. The maximum atomic E-state index is 3.53. The second-order valence-corrected chi connectivity index (χ2v) is 5.76. The Morgan fingerprint density at radius 2 is 2.06 bits per heavy atom. The van der Waals surface area contributed by atoms with Crippen LogP contribution in [0.2, 0.25) is 0 Å². The maximum absolute atomic E-state index is 3.53. The van der Waals surface area contributed by atoms with Crippen molar-refractivity contribution in [1.82, 2.24) is 27.0 Å². The molecule has 6 heteroatoms. The fraction of sp³-hybridized carbons (Fsp3) is 0.818. The molecule has 1 rings (SSSR count). The summed E-state index contributed by atoms with van der Waals surface area (Å²) in [5.41, 5.74) is 8.84. The highest BCUT2D eigenvalue weighted by Gasteiger charge is 2.11. The summed E-state index contributed by atoms with van der Waals surface area (Å²) in [6.45, 7) is 8.84. The molecule has 0 radical (unpaired) electrons. The molecule has 0 aromatic carbocycles. The van der Waals surface area contributed by atoms with Gasteiger partial charge in [-0.15, -0.1) is 11.8 Å². The van der Waals surface area contributed by atoms with Gasteiger partial charge < -0.3 is 5.43 Å². The highest BCUT2D eigenvalue weighted by atomic mass is 32.2. The van der Waals surface area contributed by atoms with Crippen LogP contribution in [0.3, 0.4) is 0 Å². The van der Waals surface area contributed by atoms with Crippen LogP contribution in [-0.4, -0.2) is 23.5 Å². The zero-order valence-electron chi connectivity index (χ0n) is 11.1. The molecule has 0 aromatic heterocycles. The van der Waals surface area contributed by atoms with E-state index < -0.39 is 0 Å². The minimum absolute atomic E-state index is 0.304. The lowest BCUT2D eigenvalue weighted by atomic mass is 10.1. The summed E-state index contributed by atoms with van der Waals surface area (Å²) in [7, 11) is 0. The number of hydrazine groups is 2. The minimum Gasteiger partial charge on any atom is -0.316 e. The summed E-state index contributed by atoms with van der Waals surface area (Å²) in [6, 6.07) is 0.529. The van der Waals surface area contributed by atoms with Gasteiger partial charge in [-0.05, 0) is 25.8 Å². The van der Waals surface area contributed by atoms with E-state index in [1.54, 1.807) is 0 Å². The molecule has 0 aliphatic carbocycles. The first-order chi connectivity index (χ1) is 8.09. The smallest absolute Gasteiger partial charge is 0.0894 e. The molecule has 3 unspecified atom stereocenters. The zero-order valence-corrected chi connectivity index (χ0v) is 11.9. The van der Waals surface area contributed by atoms with E-state index in [9.17, 15) is 0 Å².